The molecular formula is C12H22N2O2. The van der Waals surface area contributed by atoms with E-state index < -0.39 is 0 Å². The van der Waals surface area contributed by atoms with Crippen molar-refractivity contribution in [2.75, 3.05) is 26.3 Å². The van der Waals surface area contributed by atoms with Gasteiger partial charge in [-0.2, -0.15) is 0 Å². The molecule has 1 aliphatic heterocycles. The highest BCUT2D eigenvalue weighted by Crippen LogP contribution is 2.07. The fourth-order valence-corrected chi connectivity index (χ4v) is 1.74. The van der Waals surface area contributed by atoms with Gasteiger partial charge in [-0.3, -0.25) is 4.79 Å². The maximum Gasteiger partial charge on any atom is 0.221 e. The van der Waals surface area contributed by atoms with E-state index in [1.165, 1.54) is 6.42 Å². The summed E-state index contributed by atoms with van der Waals surface area (Å²) in [4.78, 5) is 11.5. The highest BCUT2D eigenvalue weighted by atomic mass is 16.5. The van der Waals surface area contributed by atoms with Crippen LogP contribution in [0.4, 0.5) is 0 Å². The van der Waals surface area contributed by atoms with Crippen LogP contribution in [0.15, 0.2) is 12.2 Å². The second-order valence-electron chi connectivity index (χ2n) is 4.36. The van der Waals surface area contributed by atoms with E-state index in [0.29, 0.717) is 32.2 Å². The van der Waals surface area contributed by atoms with E-state index in [0.717, 1.165) is 18.5 Å². The lowest BCUT2D eigenvalue weighted by molar-refractivity contribution is -0.121. The molecule has 0 saturated carbocycles. The summed E-state index contributed by atoms with van der Waals surface area (Å²) in [5.41, 5.74) is 1.00. The topological polar surface area (TPSA) is 50.4 Å². The minimum Gasteiger partial charge on any atom is -0.375 e. The van der Waals surface area contributed by atoms with Crippen LogP contribution in [0.1, 0.15) is 26.2 Å². The van der Waals surface area contributed by atoms with E-state index in [4.69, 9.17) is 4.74 Å². The van der Waals surface area contributed by atoms with Crippen LogP contribution in [0, 0.1) is 0 Å². The average molecular weight is 226 g/mol. The monoisotopic (exact) mass is 226 g/mol. The van der Waals surface area contributed by atoms with Crippen molar-refractivity contribution in [1.29, 1.82) is 0 Å². The largest absolute Gasteiger partial charge is 0.375 e. The van der Waals surface area contributed by atoms with Crippen LogP contribution in [-0.4, -0.2) is 38.3 Å². The lowest BCUT2D eigenvalue weighted by Crippen LogP contribution is -2.33. The van der Waals surface area contributed by atoms with Crippen LogP contribution in [0.2, 0.25) is 0 Å². The average Bonchev–Trinajstić information content (AvgIpc) is 2.69. The first-order chi connectivity index (χ1) is 7.68. The van der Waals surface area contributed by atoms with Gasteiger partial charge in [0.05, 0.1) is 13.2 Å². The Kier molecular flexibility index (Phi) is 6.11. The van der Waals surface area contributed by atoms with Gasteiger partial charge in [0.1, 0.15) is 0 Å². The molecule has 0 bridgehead atoms. The van der Waals surface area contributed by atoms with Crippen LogP contribution in [-0.2, 0) is 9.53 Å². The Morgan fingerprint density at radius 1 is 1.62 bits per heavy atom. The van der Waals surface area contributed by atoms with Crippen molar-refractivity contribution in [2.24, 2.45) is 0 Å². The first kappa shape index (κ1) is 13.2. The molecule has 0 aromatic carbocycles. The minimum atomic E-state index is 0.110. The van der Waals surface area contributed by atoms with Crippen molar-refractivity contribution in [3.05, 3.63) is 12.2 Å². The number of ether oxygens (including phenoxy) is 1. The predicted molar refractivity (Wildman–Crippen MR) is 64.3 cm³/mol. The highest BCUT2D eigenvalue weighted by Gasteiger charge is 2.16. The lowest BCUT2D eigenvalue weighted by atomic mass is 10.1. The number of carbonyl (C=O) groups is 1. The second-order valence-corrected chi connectivity index (χ2v) is 4.36. The number of nitrogens with one attached hydrogen (secondary N) is 2. The maximum absolute atomic E-state index is 11.5. The van der Waals surface area contributed by atoms with E-state index in [2.05, 4.69) is 17.2 Å². The summed E-state index contributed by atoms with van der Waals surface area (Å²) in [6, 6.07) is 0.372. The molecule has 1 rings (SSSR count). The molecule has 0 aromatic heterocycles. The summed E-state index contributed by atoms with van der Waals surface area (Å²) in [5.74, 6) is 0.110. The van der Waals surface area contributed by atoms with Crippen molar-refractivity contribution in [3.8, 4) is 0 Å². The second kappa shape index (κ2) is 7.41. The van der Waals surface area contributed by atoms with E-state index >= 15 is 0 Å². The summed E-state index contributed by atoms with van der Waals surface area (Å²) in [7, 11) is 0. The van der Waals surface area contributed by atoms with Crippen LogP contribution in [0.5, 0.6) is 0 Å². The zero-order valence-corrected chi connectivity index (χ0v) is 10.1. The van der Waals surface area contributed by atoms with E-state index in [1.54, 1.807) is 0 Å². The Labute approximate surface area is 97.4 Å². The molecule has 1 fully saturated rings. The molecule has 4 nitrogen and oxygen atoms in total. The van der Waals surface area contributed by atoms with Crippen molar-refractivity contribution in [2.45, 2.75) is 32.2 Å². The molecule has 4 heteroatoms. The fraction of sp³-hybridized carbons (Fsp3) is 0.750. The molecule has 0 aliphatic carbocycles. The number of hydrogen-bond acceptors (Lipinski definition) is 3. The molecule has 0 aromatic rings. The van der Waals surface area contributed by atoms with Gasteiger partial charge in [0.2, 0.25) is 5.91 Å². The van der Waals surface area contributed by atoms with Crippen LogP contribution in [0.3, 0.4) is 0 Å². The molecule has 0 spiro atoms. The molecule has 1 atom stereocenters. The third kappa shape index (κ3) is 5.88. The zero-order valence-electron chi connectivity index (χ0n) is 10.1. The molecule has 16 heavy (non-hydrogen) atoms. The van der Waals surface area contributed by atoms with Crippen molar-refractivity contribution < 1.29 is 9.53 Å². The molecule has 1 amide bonds. The number of amides is 1. The molecule has 1 unspecified atom stereocenters. The molecule has 92 valence electrons. The minimum absolute atomic E-state index is 0.110. The third-order valence-electron chi connectivity index (χ3n) is 2.51. The van der Waals surface area contributed by atoms with Gasteiger partial charge in [-0.05, 0) is 26.3 Å². The third-order valence-corrected chi connectivity index (χ3v) is 2.51. The first-order valence-corrected chi connectivity index (χ1v) is 5.90. The zero-order chi connectivity index (χ0) is 11.8. The van der Waals surface area contributed by atoms with E-state index in [-0.39, 0.29) is 5.91 Å². The van der Waals surface area contributed by atoms with Crippen LogP contribution >= 0.6 is 0 Å². The molecule has 1 saturated heterocycles. The standard InChI is InChI=1S/C12H22N2O2/c1-10(2)9-16-7-6-14-12(15)8-11-4-3-5-13-11/h11,13H,1,3-9H2,2H3,(H,14,15). The lowest BCUT2D eigenvalue weighted by Gasteiger charge is -2.10. The number of rotatable bonds is 7. The predicted octanol–water partition coefficient (Wildman–Crippen LogP) is 0.837. The van der Waals surface area contributed by atoms with Crippen molar-refractivity contribution in [3.63, 3.8) is 0 Å². The normalized spacial score (nSPS) is 19.7. The molecule has 2 N–H and O–H groups in total. The Morgan fingerprint density at radius 2 is 2.44 bits per heavy atom. The summed E-state index contributed by atoms with van der Waals surface area (Å²) < 4.78 is 5.29. The van der Waals surface area contributed by atoms with Crippen LogP contribution in [0.25, 0.3) is 0 Å². The SMILES string of the molecule is C=C(C)COCCNC(=O)CC1CCCN1. The van der Waals surface area contributed by atoms with Gasteiger partial charge in [0, 0.05) is 19.0 Å². The van der Waals surface area contributed by atoms with Gasteiger partial charge in [-0.1, -0.05) is 12.2 Å². The fourth-order valence-electron chi connectivity index (χ4n) is 1.74. The van der Waals surface area contributed by atoms with E-state index in [9.17, 15) is 4.79 Å². The van der Waals surface area contributed by atoms with Gasteiger partial charge in [0.25, 0.3) is 0 Å². The number of carbonyl (C=O) groups excluding carboxylic acids is 1. The van der Waals surface area contributed by atoms with Gasteiger partial charge < -0.3 is 15.4 Å². The quantitative estimate of drug-likeness (QED) is 0.499. The maximum atomic E-state index is 11.5. The summed E-state index contributed by atoms with van der Waals surface area (Å²) >= 11 is 0. The summed E-state index contributed by atoms with van der Waals surface area (Å²) in [6.07, 6.45) is 2.87. The van der Waals surface area contributed by atoms with Gasteiger partial charge in [-0.25, -0.2) is 0 Å². The van der Waals surface area contributed by atoms with Gasteiger partial charge in [-0.15, -0.1) is 0 Å². The Bertz CT molecular complexity index is 235. The Morgan fingerprint density at radius 3 is 3.06 bits per heavy atom. The van der Waals surface area contributed by atoms with E-state index in [1.807, 2.05) is 6.92 Å². The summed E-state index contributed by atoms with van der Waals surface area (Å²) in [5, 5.41) is 6.15. The smallest absolute Gasteiger partial charge is 0.221 e. The van der Waals surface area contributed by atoms with Gasteiger partial charge >= 0.3 is 0 Å². The molecular weight excluding hydrogens is 204 g/mol. The van der Waals surface area contributed by atoms with Gasteiger partial charge in [0.15, 0.2) is 0 Å². The van der Waals surface area contributed by atoms with Crippen LogP contribution < -0.4 is 10.6 Å². The Hall–Kier alpha value is -0.870. The summed E-state index contributed by atoms with van der Waals surface area (Å²) in [6.45, 7) is 8.40. The molecule has 1 heterocycles. The van der Waals surface area contributed by atoms with Crippen molar-refractivity contribution in [1.82, 2.24) is 10.6 Å². The van der Waals surface area contributed by atoms with Crippen molar-refractivity contribution >= 4 is 5.91 Å². The molecule has 0 radical (unpaired) electrons. The first-order valence-electron chi connectivity index (χ1n) is 5.90. The Balaban J connectivity index is 1.95. The molecule has 1 aliphatic rings. The highest BCUT2D eigenvalue weighted by molar-refractivity contribution is 5.76. The number of hydrogen-bond donors (Lipinski definition) is 2.